The fourth-order valence-electron chi connectivity index (χ4n) is 2.14. The maximum atomic E-state index is 5.52. The molecule has 86 valence electrons. The Morgan fingerprint density at radius 2 is 2.00 bits per heavy atom. The Balaban J connectivity index is 1.87. The zero-order chi connectivity index (χ0) is 10.7. The zero-order valence-electron chi connectivity index (χ0n) is 9.58. The fourth-order valence-corrected chi connectivity index (χ4v) is 2.14. The number of guanidine groups is 1. The third kappa shape index (κ3) is 2.84. The van der Waals surface area contributed by atoms with E-state index < -0.39 is 0 Å². The van der Waals surface area contributed by atoms with Crippen molar-refractivity contribution in [2.75, 3.05) is 13.1 Å². The molecule has 15 heavy (non-hydrogen) atoms. The van der Waals surface area contributed by atoms with E-state index >= 15 is 0 Å². The lowest BCUT2D eigenvalue weighted by Gasteiger charge is -2.33. The lowest BCUT2D eigenvalue weighted by molar-refractivity contribution is 0.255. The average Bonchev–Trinajstić information content (AvgIpc) is 3.10. The van der Waals surface area contributed by atoms with Crippen molar-refractivity contribution < 1.29 is 0 Å². The van der Waals surface area contributed by atoms with E-state index in [-0.39, 0.29) is 0 Å². The fraction of sp³-hybridized carbons (Fsp3) is 0.909. The van der Waals surface area contributed by atoms with E-state index in [1.165, 1.54) is 32.1 Å². The van der Waals surface area contributed by atoms with Crippen LogP contribution in [0.4, 0.5) is 0 Å². The molecule has 0 bridgehead atoms. The van der Waals surface area contributed by atoms with Crippen LogP contribution in [0.5, 0.6) is 0 Å². The molecule has 1 saturated carbocycles. The number of aliphatic imine (C=N–C) groups is 1. The van der Waals surface area contributed by atoms with Gasteiger partial charge in [-0.3, -0.25) is 5.43 Å². The van der Waals surface area contributed by atoms with Crippen molar-refractivity contribution in [1.29, 1.82) is 0 Å². The molecule has 0 unspecified atom stereocenters. The van der Waals surface area contributed by atoms with Gasteiger partial charge in [-0.1, -0.05) is 13.3 Å². The number of hydrogen-bond donors (Lipinski definition) is 2. The summed E-state index contributed by atoms with van der Waals surface area (Å²) in [4.78, 5) is 6.88. The van der Waals surface area contributed by atoms with Gasteiger partial charge in [-0.2, -0.15) is 0 Å². The molecule has 1 aliphatic heterocycles. The molecule has 0 atom stereocenters. The summed E-state index contributed by atoms with van der Waals surface area (Å²) in [6.45, 7) is 4.49. The highest BCUT2D eigenvalue weighted by Gasteiger charge is 2.24. The Kier molecular flexibility index (Phi) is 3.46. The second-order valence-corrected chi connectivity index (χ2v) is 4.67. The second kappa shape index (κ2) is 4.84. The van der Waals surface area contributed by atoms with Gasteiger partial charge < -0.3 is 4.90 Å². The van der Waals surface area contributed by atoms with E-state index in [1.807, 2.05) is 0 Å². The van der Waals surface area contributed by atoms with Crippen molar-refractivity contribution in [2.24, 2.45) is 16.8 Å². The predicted octanol–water partition coefficient (Wildman–Crippen LogP) is 1.09. The third-order valence-corrected chi connectivity index (χ3v) is 3.47. The maximum absolute atomic E-state index is 5.52. The standard InChI is InChI=1S/C11H22N4/c1-2-9-5-7-15(8-6-9)11(14-12)13-10-3-4-10/h9-10H,2-8,12H2,1H3,(H,13,14). The molecule has 3 N–H and O–H groups in total. The molecule has 2 aliphatic rings. The van der Waals surface area contributed by atoms with Gasteiger partial charge in [-0.15, -0.1) is 0 Å². The summed E-state index contributed by atoms with van der Waals surface area (Å²) in [5, 5.41) is 0. The van der Waals surface area contributed by atoms with Crippen LogP contribution in [-0.4, -0.2) is 30.0 Å². The molecule has 0 aromatic heterocycles. The first kappa shape index (κ1) is 10.7. The molecular weight excluding hydrogens is 188 g/mol. The normalized spacial score (nSPS) is 24.4. The van der Waals surface area contributed by atoms with Gasteiger partial charge in [-0.25, -0.2) is 10.8 Å². The van der Waals surface area contributed by atoms with Crippen molar-refractivity contribution in [2.45, 2.75) is 45.1 Å². The number of nitrogens with zero attached hydrogens (tertiary/aromatic N) is 2. The van der Waals surface area contributed by atoms with Crippen molar-refractivity contribution in [1.82, 2.24) is 10.3 Å². The smallest absolute Gasteiger partial charge is 0.208 e. The molecule has 0 aromatic rings. The number of hydrogen-bond acceptors (Lipinski definition) is 2. The second-order valence-electron chi connectivity index (χ2n) is 4.67. The van der Waals surface area contributed by atoms with Crippen LogP contribution in [0.25, 0.3) is 0 Å². The van der Waals surface area contributed by atoms with Crippen molar-refractivity contribution in [3.63, 3.8) is 0 Å². The number of likely N-dealkylation sites (tertiary alicyclic amines) is 1. The monoisotopic (exact) mass is 210 g/mol. The van der Waals surface area contributed by atoms with Crippen LogP contribution < -0.4 is 11.3 Å². The molecule has 0 radical (unpaired) electrons. The Morgan fingerprint density at radius 1 is 1.33 bits per heavy atom. The number of hydrazine groups is 1. The summed E-state index contributed by atoms with van der Waals surface area (Å²) in [6, 6.07) is 0.542. The quantitative estimate of drug-likeness (QED) is 0.310. The lowest BCUT2D eigenvalue weighted by Crippen LogP contribution is -2.48. The number of nitrogens with two attached hydrogens (primary N) is 1. The molecule has 2 rings (SSSR count). The molecule has 0 amide bonds. The third-order valence-electron chi connectivity index (χ3n) is 3.47. The van der Waals surface area contributed by atoms with E-state index in [0.29, 0.717) is 6.04 Å². The van der Waals surface area contributed by atoms with Gasteiger partial charge in [0.2, 0.25) is 5.96 Å². The van der Waals surface area contributed by atoms with Crippen LogP contribution >= 0.6 is 0 Å². The summed E-state index contributed by atoms with van der Waals surface area (Å²) < 4.78 is 0. The highest BCUT2D eigenvalue weighted by molar-refractivity contribution is 5.79. The Hall–Kier alpha value is -0.770. The summed E-state index contributed by atoms with van der Waals surface area (Å²) >= 11 is 0. The minimum absolute atomic E-state index is 0.542. The van der Waals surface area contributed by atoms with Crippen LogP contribution in [0, 0.1) is 5.92 Å². The number of nitrogens with one attached hydrogen (secondary N) is 1. The predicted molar refractivity (Wildman–Crippen MR) is 62.4 cm³/mol. The minimum Gasteiger partial charge on any atom is -0.342 e. The Bertz CT molecular complexity index is 227. The molecule has 1 heterocycles. The van der Waals surface area contributed by atoms with Gasteiger partial charge in [0, 0.05) is 13.1 Å². The molecule has 4 nitrogen and oxygen atoms in total. The van der Waals surface area contributed by atoms with Crippen molar-refractivity contribution >= 4 is 5.96 Å². The minimum atomic E-state index is 0.542. The van der Waals surface area contributed by atoms with Crippen LogP contribution in [-0.2, 0) is 0 Å². The van der Waals surface area contributed by atoms with E-state index in [2.05, 4.69) is 22.2 Å². The largest absolute Gasteiger partial charge is 0.342 e. The van der Waals surface area contributed by atoms with E-state index in [9.17, 15) is 0 Å². The topological polar surface area (TPSA) is 53.6 Å². The first-order valence-electron chi connectivity index (χ1n) is 6.12. The summed E-state index contributed by atoms with van der Waals surface area (Å²) in [5.74, 6) is 7.34. The van der Waals surface area contributed by atoms with E-state index in [1.54, 1.807) is 0 Å². The molecular formula is C11H22N4. The van der Waals surface area contributed by atoms with E-state index in [4.69, 9.17) is 5.84 Å². The zero-order valence-corrected chi connectivity index (χ0v) is 9.58. The first-order chi connectivity index (χ1) is 7.33. The number of rotatable bonds is 2. The average molecular weight is 210 g/mol. The van der Waals surface area contributed by atoms with Crippen LogP contribution in [0.3, 0.4) is 0 Å². The molecule has 1 aliphatic carbocycles. The van der Waals surface area contributed by atoms with Gasteiger partial charge >= 0.3 is 0 Å². The molecule has 4 heteroatoms. The maximum Gasteiger partial charge on any atom is 0.208 e. The molecule has 1 saturated heterocycles. The van der Waals surface area contributed by atoms with Crippen molar-refractivity contribution in [3.05, 3.63) is 0 Å². The highest BCUT2D eigenvalue weighted by atomic mass is 15.4. The summed E-state index contributed by atoms with van der Waals surface area (Å²) in [5.41, 5.74) is 2.75. The molecule has 0 spiro atoms. The van der Waals surface area contributed by atoms with Crippen LogP contribution in [0.2, 0.25) is 0 Å². The van der Waals surface area contributed by atoms with Gasteiger partial charge in [0.25, 0.3) is 0 Å². The highest BCUT2D eigenvalue weighted by Crippen LogP contribution is 2.25. The van der Waals surface area contributed by atoms with E-state index in [0.717, 1.165) is 25.0 Å². The molecule has 0 aromatic carbocycles. The SMILES string of the molecule is CCC1CCN(C(=NC2CC2)NN)CC1. The van der Waals surface area contributed by atoms with Gasteiger partial charge in [0.1, 0.15) is 0 Å². The Morgan fingerprint density at radius 3 is 2.47 bits per heavy atom. The van der Waals surface area contributed by atoms with Gasteiger partial charge in [0.15, 0.2) is 0 Å². The summed E-state index contributed by atoms with van der Waals surface area (Å²) in [7, 11) is 0. The Labute approximate surface area is 91.9 Å². The summed E-state index contributed by atoms with van der Waals surface area (Å²) in [6.07, 6.45) is 6.33. The number of piperidine rings is 1. The first-order valence-corrected chi connectivity index (χ1v) is 6.12. The lowest BCUT2D eigenvalue weighted by atomic mass is 9.95. The van der Waals surface area contributed by atoms with Gasteiger partial charge in [0.05, 0.1) is 6.04 Å². The van der Waals surface area contributed by atoms with Crippen LogP contribution in [0.1, 0.15) is 39.0 Å². The van der Waals surface area contributed by atoms with Gasteiger partial charge in [-0.05, 0) is 31.6 Å². The van der Waals surface area contributed by atoms with Crippen LogP contribution in [0.15, 0.2) is 4.99 Å². The van der Waals surface area contributed by atoms with Crippen molar-refractivity contribution in [3.8, 4) is 0 Å². The molecule has 2 fully saturated rings.